The summed E-state index contributed by atoms with van der Waals surface area (Å²) in [5.74, 6) is 0.0581. The van der Waals surface area contributed by atoms with Gasteiger partial charge in [-0.05, 0) is 42.3 Å². The number of ketones is 1. The summed E-state index contributed by atoms with van der Waals surface area (Å²) in [6.45, 7) is 0. The van der Waals surface area contributed by atoms with Crippen LogP contribution in [0.1, 0.15) is 47.8 Å². The number of benzene rings is 2. The largest absolute Gasteiger partial charge is 0.497 e. The molecule has 32 heavy (non-hydrogen) atoms. The van der Waals surface area contributed by atoms with E-state index in [1.807, 2.05) is 6.07 Å². The molecule has 1 aliphatic carbocycles. The van der Waals surface area contributed by atoms with Crippen molar-refractivity contribution in [1.29, 1.82) is 0 Å². The lowest BCUT2D eigenvalue weighted by Crippen LogP contribution is -2.38. The molecule has 5 nitrogen and oxygen atoms in total. The molecule has 0 radical (unpaired) electrons. The molecule has 2 aromatic carbocycles. The quantitative estimate of drug-likeness (QED) is 0.739. The molecule has 4 rings (SSSR count). The molecule has 168 valence electrons. The highest BCUT2D eigenvalue weighted by Crippen LogP contribution is 2.45. The average molecular weight is 445 g/mol. The summed E-state index contributed by atoms with van der Waals surface area (Å²) in [5, 5.41) is 2.82. The molecule has 0 spiro atoms. The Balaban J connectivity index is 1.70. The average Bonchev–Trinajstić information content (AvgIpc) is 2.77. The van der Waals surface area contributed by atoms with E-state index in [4.69, 9.17) is 9.47 Å². The lowest BCUT2D eigenvalue weighted by Gasteiger charge is -2.35. The lowest BCUT2D eigenvalue weighted by molar-refractivity contribution is -0.137. The normalized spacial score (nSPS) is 21.2. The van der Waals surface area contributed by atoms with Gasteiger partial charge < -0.3 is 14.8 Å². The molecule has 0 unspecified atom stereocenters. The molecule has 2 aromatic rings. The second-order valence-corrected chi connectivity index (χ2v) is 7.95. The van der Waals surface area contributed by atoms with Gasteiger partial charge in [0.25, 0.3) is 0 Å². The summed E-state index contributed by atoms with van der Waals surface area (Å²) in [6.07, 6.45) is -3.82. The zero-order valence-electron chi connectivity index (χ0n) is 17.6. The van der Waals surface area contributed by atoms with Crippen molar-refractivity contribution in [2.45, 2.75) is 37.3 Å². The van der Waals surface area contributed by atoms with E-state index in [0.29, 0.717) is 34.8 Å². The van der Waals surface area contributed by atoms with Crippen LogP contribution in [0.4, 0.5) is 13.2 Å². The molecule has 0 aromatic heterocycles. The van der Waals surface area contributed by atoms with E-state index in [0.717, 1.165) is 17.7 Å². The predicted molar refractivity (Wildman–Crippen MR) is 110 cm³/mol. The summed E-state index contributed by atoms with van der Waals surface area (Å²) in [5.41, 5.74) is 1.55. The van der Waals surface area contributed by atoms with Crippen LogP contribution in [0.3, 0.4) is 0 Å². The van der Waals surface area contributed by atoms with Gasteiger partial charge in [0.1, 0.15) is 11.5 Å². The topological polar surface area (TPSA) is 64.6 Å². The first-order chi connectivity index (χ1) is 15.2. The Bertz CT molecular complexity index is 1090. The molecule has 1 heterocycles. The van der Waals surface area contributed by atoms with Gasteiger partial charge in [-0.3, -0.25) is 9.59 Å². The van der Waals surface area contributed by atoms with Crippen LogP contribution in [0.5, 0.6) is 11.5 Å². The maximum Gasteiger partial charge on any atom is 0.416 e. The first kappa shape index (κ1) is 21.9. The number of allylic oxidation sites excluding steroid dienone is 2. The molecule has 0 saturated carbocycles. The van der Waals surface area contributed by atoms with Crippen LogP contribution in [0.2, 0.25) is 0 Å². The summed E-state index contributed by atoms with van der Waals surface area (Å²) in [6, 6.07) is 10.0. The summed E-state index contributed by atoms with van der Waals surface area (Å²) >= 11 is 0. The molecule has 2 atom stereocenters. The molecule has 1 aliphatic heterocycles. The van der Waals surface area contributed by atoms with Crippen LogP contribution >= 0.6 is 0 Å². The molecule has 2 aliphatic rings. The fraction of sp³-hybridized carbons (Fsp3) is 0.333. The van der Waals surface area contributed by atoms with Gasteiger partial charge in [-0.25, -0.2) is 0 Å². The highest BCUT2D eigenvalue weighted by Gasteiger charge is 2.39. The number of hydrogen-bond acceptors (Lipinski definition) is 4. The number of Topliss-reactive ketones (excluding diaryl/α,β-unsaturated/α-hetero) is 1. The lowest BCUT2D eigenvalue weighted by atomic mass is 9.73. The number of hydrogen-bond donors (Lipinski definition) is 1. The van der Waals surface area contributed by atoms with Gasteiger partial charge in [0.15, 0.2) is 5.78 Å². The van der Waals surface area contributed by atoms with Crippen LogP contribution in [0.15, 0.2) is 53.7 Å². The maximum atomic E-state index is 13.2. The Kier molecular flexibility index (Phi) is 5.71. The Morgan fingerprint density at radius 2 is 1.66 bits per heavy atom. The molecule has 0 bridgehead atoms. The van der Waals surface area contributed by atoms with Crippen molar-refractivity contribution in [1.82, 2.24) is 5.32 Å². The number of methoxy groups -OCH3 is 2. The number of ether oxygens (including phenoxy) is 2. The minimum atomic E-state index is -4.45. The zero-order valence-corrected chi connectivity index (χ0v) is 17.6. The fourth-order valence-electron chi connectivity index (χ4n) is 4.53. The molecule has 0 saturated heterocycles. The smallest absolute Gasteiger partial charge is 0.416 e. The molecule has 8 heteroatoms. The van der Waals surface area contributed by atoms with E-state index >= 15 is 0 Å². The van der Waals surface area contributed by atoms with E-state index in [-0.39, 0.29) is 30.4 Å². The number of alkyl halides is 3. The van der Waals surface area contributed by atoms with Gasteiger partial charge in [-0.2, -0.15) is 13.2 Å². The van der Waals surface area contributed by atoms with Crippen molar-refractivity contribution in [3.63, 3.8) is 0 Å². The first-order valence-corrected chi connectivity index (χ1v) is 10.2. The van der Waals surface area contributed by atoms with E-state index in [1.54, 1.807) is 26.4 Å². The van der Waals surface area contributed by atoms with Crippen molar-refractivity contribution in [3.05, 3.63) is 70.4 Å². The number of amides is 1. The number of carbonyl (C=O) groups excluding carboxylic acids is 2. The minimum Gasteiger partial charge on any atom is -0.497 e. The monoisotopic (exact) mass is 445 g/mol. The van der Waals surface area contributed by atoms with Crippen LogP contribution in [0, 0.1) is 0 Å². The molecule has 0 fully saturated rings. The second-order valence-electron chi connectivity index (χ2n) is 7.95. The SMILES string of the molecule is COc1ccc(OC)c([C@H]2CC(=O)C3=C(C2)NC(=O)C[C@H]3c2ccc(C(F)(F)F)cc2)c1. The Morgan fingerprint density at radius 3 is 2.28 bits per heavy atom. The predicted octanol–water partition coefficient (Wildman–Crippen LogP) is 4.73. The van der Waals surface area contributed by atoms with Crippen molar-refractivity contribution in [3.8, 4) is 11.5 Å². The number of rotatable bonds is 4. The third-order valence-electron chi connectivity index (χ3n) is 6.05. The van der Waals surface area contributed by atoms with Crippen LogP contribution in [-0.2, 0) is 15.8 Å². The van der Waals surface area contributed by atoms with E-state index in [1.165, 1.54) is 12.1 Å². The number of nitrogens with one attached hydrogen (secondary N) is 1. The number of carbonyl (C=O) groups is 2. The van der Waals surface area contributed by atoms with Gasteiger partial charge in [0, 0.05) is 41.5 Å². The first-order valence-electron chi connectivity index (χ1n) is 10.2. The molecule has 1 N–H and O–H groups in total. The zero-order chi connectivity index (χ0) is 23.0. The Morgan fingerprint density at radius 1 is 0.938 bits per heavy atom. The summed E-state index contributed by atoms with van der Waals surface area (Å²) in [7, 11) is 3.10. The third-order valence-corrected chi connectivity index (χ3v) is 6.05. The molecular weight excluding hydrogens is 423 g/mol. The van der Waals surface area contributed by atoms with E-state index in [9.17, 15) is 22.8 Å². The summed E-state index contributed by atoms with van der Waals surface area (Å²) < 4.78 is 49.5. The Labute approximate surface area is 183 Å². The summed E-state index contributed by atoms with van der Waals surface area (Å²) in [4.78, 5) is 25.6. The van der Waals surface area contributed by atoms with Crippen LogP contribution in [-0.4, -0.2) is 25.9 Å². The molecular formula is C24H22F3NO4. The van der Waals surface area contributed by atoms with Crippen LogP contribution < -0.4 is 14.8 Å². The van der Waals surface area contributed by atoms with Crippen molar-refractivity contribution in [2.75, 3.05) is 14.2 Å². The number of halogens is 3. The van der Waals surface area contributed by atoms with Crippen molar-refractivity contribution in [2.24, 2.45) is 0 Å². The minimum absolute atomic E-state index is 0.0169. The fourth-order valence-corrected chi connectivity index (χ4v) is 4.53. The van der Waals surface area contributed by atoms with Crippen molar-refractivity contribution >= 4 is 11.7 Å². The van der Waals surface area contributed by atoms with E-state index in [2.05, 4.69) is 5.32 Å². The van der Waals surface area contributed by atoms with Gasteiger partial charge in [-0.15, -0.1) is 0 Å². The van der Waals surface area contributed by atoms with Gasteiger partial charge in [0.2, 0.25) is 5.91 Å². The maximum absolute atomic E-state index is 13.2. The second kappa shape index (κ2) is 8.33. The standard InChI is InChI=1S/C24H22F3NO4/c1-31-16-7-8-21(32-2)17(11-16)14-9-19-23(20(29)10-14)18(12-22(30)28-19)13-3-5-15(6-4-13)24(25,26)27/h3-8,11,14,18H,9-10,12H2,1-2H3,(H,28,30)/t14-,18+/m1/s1. The molecule has 1 amide bonds. The van der Waals surface area contributed by atoms with Gasteiger partial charge >= 0.3 is 6.18 Å². The van der Waals surface area contributed by atoms with Crippen molar-refractivity contribution < 1.29 is 32.2 Å². The van der Waals surface area contributed by atoms with Crippen LogP contribution in [0.25, 0.3) is 0 Å². The van der Waals surface area contributed by atoms with Gasteiger partial charge in [0.05, 0.1) is 19.8 Å². The van der Waals surface area contributed by atoms with Gasteiger partial charge in [-0.1, -0.05) is 12.1 Å². The Hall–Kier alpha value is -3.29. The highest BCUT2D eigenvalue weighted by molar-refractivity contribution is 6.02. The third kappa shape index (κ3) is 4.09. The van der Waals surface area contributed by atoms with E-state index < -0.39 is 17.7 Å². The highest BCUT2D eigenvalue weighted by atomic mass is 19.4.